The highest BCUT2D eigenvalue weighted by atomic mass is 32.2. The number of thioether (sulfide) groups is 3. The van der Waals surface area contributed by atoms with Crippen LogP contribution in [-0.2, 0) is 17.3 Å². The number of ether oxygens (including phenoxy) is 4. The minimum Gasteiger partial charge on any atom is -0.496 e. The van der Waals surface area contributed by atoms with Crippen LogP contribution in [0.15, 0.2) is 210 Å². The van der Waals surface area contributed by atoms with Crippen LogP contribution in [0.3, 0.4) is 0 Å². The van der Waals surface area contributed by atoms with Gasteiger partial charge in [0, 0.05) is 74.8 Å². The lowest BCUT2D eigenvalue weighted by atomic mass is 10.0. The van der Waals surface area contributed by atoms with Crippen molar-refractivity contribution in [2.45, 2.75) is 52.1 Å². The zero-order valence-corrected chi connectivity index (χ0v) is 54.7. The predicted molar refractivity (Wildman–Crippen MR) is 372 cm³/mol. The molecule has 6 N–H and O–H groups in total. The Morgan fingerprint density at radius 3 is 1.25 bits per heavy atom. The second-order valence-electron chi connectivity index (χ2n) is 21.2. The van der Waals surface area contributed by atoms with Crippen molar-refractivity contribution in [3.05, 3.63) is 234 Å². The molecule has 95 heavy (non-hydrogen) atoms. The number of benzene rings is 7. The van der Waals surface area contributed by atoms with Crippen LogP contribution >= 0.6 is 35.3 Å². The summed E-state index contributed by atoms with van der Waals surface area (Å²) in [6.07, 6.45) is 9.71. The maximum absolute atomic E-state index is 12.9. The lowest BCUT2D eigenvalue weighted by Crippen LogP contribution is -2.12. The largest absolute Gasteiger partial charge is 0.496 e. The first-order valence-corrected chi connectivity index (χ1v) is 32.5. The number of hydrogen-bond donors (Lipinski definition) is 6. The summed E-state index contributed by atoms with van der Waals surface area (Å²) < 4.78 is 21.6. The van der Waals surface area contributed by atoms with E-state index in [1.54, 1.807) is 85.3 Å². The highest BCUT2D eigenvalue weighted by Gasteiger charge is 2.18. The van der Waals surface area contributed by atoms with E-state index in [9.17, 15) is 14.4 Å². The standard InChI is InChI=1S/C26H21N5O2S.C22H21N5O4S.C22H21N5OS/c1-33-23-13-20(10-11-21(23)18-7-3-2-4-8-18)30-25(32)19-9-5-6-17(12-19)15-34-26-22-14-29-31-24(22)27-16-28-26;1-29-17-8-15(9-18(30-2)19(17)31-3)26-21(28)14-6-4-5-13(7-14)11-32-22-16-10-25-27-20(16)23-12-24-22;1-14(2)16-6-4-8-18(10-16)26-21(28)17-7-3-5-15(9-17)12-29-22-19-11-25-27-20(19)23-13-24-22/h2-14,16H,15H2,1H3,(H,30,32)(H,27,28,29,31);4-10,12H,11H2,1-3H3,(H,26,28)(H,23,24,25,27);3-11,13-14H,12H2,1-2H3,(H,26,28)(H,23,24,25,27). The van der Waals surface area contributed by atoms with Gasteiger partial charge in [-0.25, -0.2) is 29.9 Å². The average molecular weight is 1320 g/mol. The highest BCUT2D eigenvalue weighted by Crippen LogP contribution is 2.40. The van der Waals surface area contributed by atoms with E-state index in [-0.39, 0.29) is 17.7 Å². The van der Waals surface area contributed by atoms with Gasteiger partial charge in [0.25, 0.3) is 17.7 Å². The van der Waals surface area contributed by atoms with E-state index in [0.717, 1.165) is 70.4 Å². The minimum atomic E-state index is -0.245. The summed E-state index contributed by atoms with van der Waals surface area (Å²) in [5.41, 5.74) is 12.2. The van der Waals surface area contributed by atoms with Crippen molar-refractivity contribution < 1.29 is 33.3 Å². The summed E-state index contributed by atoms with van der Waals surface area (Å²) in [6.45, 7) is 4.27. The number of carbonyl (C=O) groups is 3. The number of amides is 3. The molecule has 0 unspecified atom stereocenters. The molecule has 22 nitrogen and oxygen atoms in total. The van der Waals surface area contributed by atoms with Gasteiger partial charge >= 0.3 is 0 Å². The molecular weight excluding hydrogens is 1260 g/mol. The SMILES string of the molecule is CC(C)c1cccc(NC(=O)c2cccc(CSc3ncnc4[nH]ncc34)c2)c1.COc1cc(NC(=O)c2cccc(CSc3ncnc4[nH]ncc34)c2)cc(OC)c1OC.COc1cc(NC(=O)c2cccc(CSc3ncnc4[nH]ncc34)c2)ccc1-c1ccccc1. The van der Waals surface area contributed by atoms with Crippen LogP contribution in [0.4, 0.5) is 17.1 Å². The minimum absolute atomic E-state index is 0.114. The van der Waals surface area contributed by atoms with E-state index in [2.05, 4.69) is 96.4 Å². The molecule has 13 aromatic rings. The van der Waals surface area contributed by atoms with Gasteiger partial charge in [-0.3, -0.25) is 29.7 Å². The van der Waals surface area contributed by atoms with Crippen molar-refractivity contribution in [1.82, 2.24) is 60.5 Å². The molecule has 0 saturated heterocycles. The molecule has 0 saturated carbocycles. The van der Waals surface area contributed by atoms with E-state index < -0.39 is 0 Å². The third-order valence-corrected chi connectivity index (χ3v) is 17.8. The molecule has 7 aromatic carbocycles. The molecule has 13 rings (SSSR count). The number of H-pyrrole nitrogens is 3. The first kappa shape index (κ1) is 65.3. The summed E-state index contributed by atoms with van der Waals surface area (Å²) in [5, 5.41) is 34.6. The topological polar surface area (TPSA) is 288 Å². The van der Waals surface area contributed by atoms with Gasteiger partial charge in [-0.05, 0) is 94.4 Å². The third kappa shape index (κ3) is 16.6. The van der Waals surface area contributed by atoms with Gasteiger partial charge in [-0.2, -0.15) is 15.3 Å². The Bertz CT molecular complexity index is 4790. The summed E-state index contributed by atoms with van der Waals surface area (Å²) in [6, 6.07) is 49.7. The van der Waals surface area contributed by atoms with E-state index in [1.807, 2.05) is 127 Å². The molecule has 0 aliphatic rings. The Morgan fingerprint density at radius 1 is 0.421 bits per heavy atom. The molecule has 6 aromatic heterocycles. The summed E-state index contributed by atoms with van der Waals surface area (Å²) in [5.74, 6) is 3.96. The van der Waals surface area contributed by atoms with Crippen molar-refractivity contribution in [1.29, 1.82) is 0 Å². The van der Waals surface area contributed by atoms with E-state index in [1.165, 1.54) is 45.9 Å². The molecule has 0 fully saturated rings. The van der Waals surface area contributed by atoms with E-state index in [0.29, 0.717) is 85.5 Å². The maximum Gasteiger partial charge on any atom is 0.255 e. The van der Waals surface area contributed by atoms with Gasteiger partial charge in [-0.1, -0.05) is 92.7 Å². The van der Waals surface area contributed by atoms with E-state index >= 15 is 0 Å². The number of rotatable bonds is 21. The van der Waals surface area contributed by atoms with Gasteiger partial charge in [-0.15, -0.1) is 35.3 Å². The van der Waals surface area contributed by atoms with Crippen LogP contribution in [0.2, 0.25) is 0 Å². The quantitative estimate of drug-likeness (QED) is 0.0288. The molecule has 3 amide bonds. The van der Waals surface area contributed by atoms with E-state index in [4.69, 9.17) is 18.9 Å². The van der Waals surface area contributed by atoms with Crippen molar-refractivity contribution in [2.75, 3.05) is 44.4 Å². The summed E-state index contributed by atoms with van der Waals surface area (Å²) in [4.78, 5) is 64.0. The molecular formula is C70H63N15O7S3. The first-order valence-electron chi connectivity index (χ1n) is 29.6. The number of methoxy groups -OCH3 is 4. The van der Waals surface area contributed by atoms with Crippen LogP contribution in [0, 0.1) is 0 Å². The van der Waals surface area contributed by atoms with Crippen molar-refractivity contribution in [3.8, 4) is 34.1 Å². The van der Waals surface area contributed by atoms with Gasteiger partial charge in [0.2, 0.25) is 5.75 Å². The lowest BCUT2D eigenvalue weighted by Gasteiger charge is -2.14. The number of anilines is 3. The van der Waals surface area contributed by atoms with Gasteiger partial charge < -0.3 is 34.9 Å². The Hall–Kier alpha value is -11.2. The fourth-order valence-corrected chi connectivity index (χ4v) is 12.5. The van der Waals surface area contributed by atoms with Crippen molar-refractivity contribution >= 4 is 103 Å². The third-order valence-electron chi connectivity index (χ3n) is 14.6. The highest BCUT2D eigenvalue weighted by molar-refractivity contribution is 7.99. The fourth-order valence-electron chi connectivity index (χ4n) is 9.80. The average Bonchev–Trinajstić information content (AvgIpc) is 1.96. The molecule has 0 atom stereocenters. The zero-order chi connectivity index (χ0) is 66.0. The van der Waals surface area contributed by atoms with Gasteiger partial charge in [0.15, 0.2) is 28.4 Å². The predicted octanol–water partition coefficient (Wildman–Crippen LogP) is 14.5. The maximum atomic E-state index is 12.9. The molecule has 0 radical (unpaired) electrons. The number of nitrogens with zero attached hydrogens (tertiary/aromatic N) is 9. The Labute approximate surface area is 558 Å². The second-order valence-corrected chi connectivity index (χ2v) is 24.1. The first-order chi connectivity index (χ1) is 46.4. The Kier molecular flexibility index (Phi) is 21.6. The number of aromatic amines is 3. The number of carbonyl (C=O) groups excluding carboxylic acids is 3. The van der Waals surface area contributed by atoms with Crippen LogP contribution in [0.25, 0.3) is 44.2 Å². The molecule has 0 bridgehead atoms. The molecule has 0 aliphatic carbocycles. The molecule has 478 valence electrons. The summed E-state index contributed by atoms with van der Waals surface area (Å²) >= 11 is 4.73. The van der Waals surface area contributed by atoms with Crippen LogP contribution < -0.4 is 34.9 Å². The molecule has 6 heterocycles. The monoisotopic (exact) mass is 1320 g/mol. The van der Waals surface area contributed by atoms with Crippen molar-refractivity contribution in [2.24, 2.45) is 0 Å². The van der Waals surface area contributed by atoms with Gasteiger partial charge in [0.1, 0.15) is 39.8 Å². The second kappa shape index (κ2) is 31.4. The van der Waals surface area contributed by atoms with Crippen molar-refractivity contribution in [3.63, 3.8) is 0 Å². The molecule has 25 heteroatoms. The van der Waals surface area contributed by atoms with Crippen LogP contribution in [0.1, 0.15) is 73.1 Å². The number of nitrogens with one attached hydrogen (secondary N) is 6. The van der Waals surface area contributed by atoms with Gasteiger partial charge in [0.05, 0.1) is 63.2 Å². The number of aromatic nitrogens is 12. The van der Waals surface area contributed by atoms with Crippen LogP contribution in [-0.4, -0.2) is 107 Å². The molecule has 0 spiro atoms. The number of hydrogen-bond acceptors (Lipinski definition) is 19. The number of fused-ring (bicyclic) bond motifs is 3. The lowest BCUT2D eigenvalue weighted by molar-refractivity contribution is 0.101. The normalized spacial score (nSPS) is 10.9. The van der Waals surface area contributed by atoms with Crippen LogP contribution in [0.5, 0.6) is 23.0 Å². The smallest absolute Gasteiger partial charge is 0.255 e. The Morgan fingerprint density at radius 2 is 0.832 bits per heavy atom. The molecule has 0 aliphatic heterocycles. The summed E-state index contributed by atoms with van der Waals surface area (Å²) in [7, 11) is 6.21. The Balaban J connectivity index is 0.000000146. The fraction of sp³-hybridized carbons (Fsp3) is 0.143. The zero-order valence-electron chi connectivity index (χ0n) is 52.3.